The lowest BCUT2D eigenvalue weighted by atomic mass is 10.1. The first-order valence-electron chi connectivity index (χ1n) is 10.1. The number of aromatic nitrogens is 3. The van der Waals surface area contributed by atoms with Gasteiger partial charge in [-0.3, -0.25) is 5.10 Å². The number of nitrogens with one attached hydrogen (secondary N) is 3. The Balaban J connectivity index is 1.43. The van der Waals surface area contributed by atoms with Crippen molar-refractivity contribution in [3.05, 3.63) is 78.8 Å². The number of methoxy groups -OCH3 is 1. The molecule has 10 heteroatoms. The molecule has 0 fully saturated rings. The predicted molar refractivity (Wildman–Crippen MR) is 120 cm³/mol. The predicted octanol–water partition coefficient (Wildman–Crippen LogP) is 3.51. The summed E-state index contributed by atoms with van der Waals surface area (Å²) in [5.41, 5.74) is 3.44. The van der Waals surface area contributed by atoms with Crippen LogP contribution in [-0.4, -0.2) is 40.0 Å². The molecule has 0 saturated heterocycles. The van der Waals surface area contributed by atoms with Crippen molar-refractivity contribution in [1.29, 1.82) is 0 Å². The maximum Gasteiger partial charge on any atom is 0.319 e. The fraction of sp³-hybridized carbons (Fsp3) is 0.174. The van der Waals surface area contributed by atoms with Crippen molar-refractivity contribution in [2.24, 2.45) is 0 Å². The summed E-state index contributed by atoms with van der Waals surface area (Å²) in [7, 11) is 1.55. The first-order valence-corrected chi connectivity index (χ1v) is 10.1. The van der Waals surface area contributed by atoms with Crippen molar-refractivity contribution < 1.29 is 23.8 Å². The Morgan fingerprint density at radius 1 is 1.24 bits per heavy atom. The molecule has 2 amide bonds. The lowest BCUT2D eigenvalue weighted by Gasteiger charge is -2.16. The molecule has 2 aromatic heterocycles. The summed E-state index contributed by atoms with van der Waals surface area (Å²) in [6.45, 7) is 0.178. The summed E-state index contributed by atoms with van der Waals surface area (Å²) in [5.74, 6) is 1.07. The highest BCUT2D eigenvalue weighted by atomic mass is 16.5. The van der Waals surface area contributed by atoms with E-state index in [4.69, 9.17) is 13.9 Å². The molecule has 33 heavy (non-hydrogen) atoms. The van der Waals surface area contributed by atoms with E-state index in [2.05, 4.69) is 25.8 Å². The highest BCUT2D eigenvalue weighted by Crippen LogP contribution is 2.31. The molecule has 0 saturated carbocycles. The van der Waals surface area contributed by atoms with Crippen molar-refractivity contribution in [3.63, 3.8) is 0 Å². The number of aliphatic hydroxyl groups is 1. The number of hydrogen-bond donors (Lipinski definition) is 4. The maximum absolute atomic E-state index is 12.5. The van der Waals surface area contributed by atoms with E-state index in [1.807, 2.05) is 6.07 Å². The number of anilines is 1. The fourth-order valence-electron chi connectivity index (χ4n) is 3.12. The Kier molecular flexibility index (Phi) is 6.86. The van der Waals surface area contributed by atoms with Gasteiger partial charge in [-0.05, 0) is 35.4 Å². The van der Waals surface area contributed by atoms with E-state index >= 15 is 0 Å². The van der Waals surface area contributed by atoms with Gasteiger partial charge >= 0.3 is 6.03 Å². The monoisotopic (exact) mass is 449 g/mol. The lowest BCUT2D eigenvalue weighted by molar-refractivity contribution is 0.174. The molecule has 0 radical (unpaired) electrons. The van der Waals surface area contributed by atoms with E-state index in [-0.39, 0.29) is 13.2 Å². The van der Waals surface area contributed by atoms with Crippen LogP contribution in [0.25, 0.3) is 11.1 Å². The number of carbonyl (C=O) groups excluding carboxylic acids is 1. The number of H-pyrrole nitrogens is 1. The van der Waals surface area contributed by atoms with Gasteiger partial charge in [-0.2, -0.15) is 5.10 Å². The SMILES string of the molecule is COc1cccc(C(O)CNC(=O)Nc2ccc(-c3cn[nH]c3)cc2OCc2cocn2)c1. The zero-order valence-electron chi connectivity index (χ0n) is 17.8. The molecule has 2 aromatic carbocycles. The molecule has 4 N–H and O–H groups in total. The van der Waals surface area contributed by atoms with Gasteiger partial charge in [0.2, 0.25) is 0 Å². The van der Waals surface area contributed by atoms with Crippen LogP contribution in [0.3, 0.4) is 0 Å². The Hall–Kier alpha value is -4.31. The summed E-state index contributed by atoms with van der Waals surface area (Å²) >= 11 is 0. The second-order valence-corrected chi connectivity index (χ2v) is 7.09. The van der Waals surface area contributed by atoms with E-state index in [0.29, 0.717) is 28.4 Å². The fourth-order valence-corrected chi connectivity index (χ4v) is 3.12. The third kappa shape index (κ3) is 5.69. The molecule has 4 aromatic rings. The number of urea groups is 1. The van der Waals surface area contributed by atoms with Crippen LogP contribution >= 0.6 is 0 Å². The summed E-state index contributed by atoms with van der Waals surface area (Å²) < 4.78 is 16.0. The zero-order valence-corrected chi connectivity index (χ0v) is 17.8. The summed E-state index contributed by atoms with van der Waals surface area (Å²) in [6, 6.07) is 11.9. The number of nitrogens with zero attached hydrogens (tertiary/aromatic N) is 2. The van der Waals surface area contributed by atoms with Gasteiger partial charge in [0.15, 0.2) is 6.39 Å². The number of oxazole rings is 1. The highest BCUT2D eigenvalue weighted by Gasteiger charge is 2.14. The molecule has 170 valence electrons. The molecule has 0 aliphatic heterocycles. The lowest BCUT2D eigenvalue weighted by Crippen LogP contribution is -2.32. The topological polar surface area (TPSA) is 135 Å². The molecule has 10 nitrogen and oxygen atoms in total. The molecule has 2 heterocycles. The van der Waals surface area contributed by atoms with Crippen LogP contribution in [0.15, 0.2) is 71.9 Å². The highest BCUT2D eigenvalue weighted by molar-refractivity contribution is 5.91. The normalized spacial score (nSPS) is 11.6. The van der Waals surface area contributed by atoms with Crippen LogP contribution in [0.5, 0.6) is 11.5 Å². The van der Waals surface area contributed by atoms with Gasteiger partial charge in [-0.1, -0.05) is 18.2 Å². The van der Waals surface area contributed by atoms with Crippen molar-refractivity contribution in [3.8, 4) is 22.6 Å². The molecule has 0 aliphatic rings. The van der Waals surface area contributed by atoms with Crippen LogP contribution < -0.4 is 20.1 Å². The second-order valence-electron chi connectivity index (χ2n) is 7.09. The minimum Gasteiger partial charge on any atom is -0.497 e. The van der Waals surface area contributed by atoms with Gasteiger partial charge in [0.25, 0.3) is 0 Å². The van der Waals surface area contributed by atoms with Crippen LogP contribution in [0, 0.1) is 0 Å². The van der Waals surface area contributed by atoms with Crippen molar-refractivity contribution in [2.75, 3.05) is 19.0 Å². The average Bonchev–Trinajstić information content (AvgIpc) is 3.56. The number of hydrogen-bond acceptors (Lipinski definition) is 7. The Morgan fingerprint density at radius 3 is 2.91 bits per heavy atom. The molecule has 0 aliphatic carbocycles. The van der Waals surface area contributed by atoms with Gasteiger partial charge in [0, 0.05) is 18.3 Å². The minimum absolute atomic E-state index is 0.0151. The van der Waals surface area contributed by atoms with Gasteiger partial charge in [-0.15, -0.1) is 0 Å². The number of rotatable bonds is 9. The van der Waals surface area contributed by atoms with Gasteiger partial charge in [-0.25, -0.2) is 9.78 Å². The van der Waals surface area contributed by atoms with E-state index in [1.54, 1.807) is 55.9 Å². The zero-order chi connectivity index (χ0) is 23.0. The number of aromatic amines is 1. The summed E-state index contributed by atoms with van der Waals surface area (Å²) in [4.78, 5) is 16.6. The minimum atomic E-state index is -0.891. The molecular weight excluding hydrogens is 426 g/mol. The van der Waals surface area contributed by atoms with Gasteiger partial charge in [0.1, 0.15) is 30.1 Å². The van der Waals surface area contributed by atoms with Crippen LogP contribution in [0.4, 0.5) is 10.5 Å². The average molecular weight is 449 g/mol. The summed E-state index contributed by atoms with van der Waals surface area (Å²) in [5, 5.41) is 22.6. The van der Waals surface area contributed by atoms with Gasteiger partial charge < -0.3 is 29.6 Å². The smallest absolute Gasteiger partial charge is 0.319 e. The Bertz CT molecular complexity index is 1180. The third-order valence-corrected chi connectivity index (χ3v) is 4.85. The Labute approximate surface area is 189 Å². The number of amides is 2. The van der Waals surface area contributed by atoms with E-state index in [9.17, 15) is 9.90 Å². The van der Waals surface area contributed by atoms with Crippen LogP contribution in [-0.2, 0) is 6.61 Å². The Morgan fingerprint density at radius 2 is 2.15 bits per heavy atom. The third-order valence-electron chi connectivity index (χ3n) is 4.85. The van der Waals surface area contributed by atoms with E-state index in [1.165, 1.54) is 12.7 Å². The molecule has 4 rings (SSSR count). The van der Waals surface area contributed by atoms with Crippen LogP contribution in [0.2, 0.25) is 0 Å². The van der Waals surface area contributed by atoms with Gasteiger partial charge in [0.05, 0.1) is 25.1 Å². The quantitative estimate of drug-likeness (QED) is 0.307. The van der Waals surface area contributed by atoms with Crippen molar-refractivity contribution in [2.45, 2.75) is 12.7 Å². The number of ether oxygens (including phenoxy) is 2. The van der Waals surface area contributed by atoms with Crippen LogP contribution in [0.1, 0.15) is 17.4 Å². The molecular formula is C23H23N5O5. The van der Waals surface area contributed by atoms with E-state index in [0.717, 1.165) is 11.1 Å². The molecule has 1 atom stereocenters. The number of aliphatic hydroxyl groups excluding tert-OH is 1. The maximum atomic E-state index is 12.5. The van der Waals surface area contributed by atoms with Crippen molar-refractivity contribution in [1.82, 2.24) is 20.5 Å². The first kappa shape index (κ1) is 21.9. The molecule has 0 spiro atoms. The molecule has 0 bridgehead atoms. The largest absolute Gasteiger partial charge is 0.497 e. The summed E-state index contributed by atoms with van der Waals surface area (Å²) in [6.07, 6.45) is 5.37. The first-order chi connectivity index (χ1) is 16.1. The number of benzene rings is 2. The standard InChI is InChI=1S/C23H23N5O5/c1-31-19-4-2-3-16(7-19)21(29)11-24-23(30)28-20-6-5-15(17-9-26-27-10-17)8-22(20)33-13-18-12-32-14-25-18/h2-10,12,14,21,29H,11,13H2,1H3,(H,26,27)(H2,24,28,30). The second kappa shape index (κ2) is 10.3. The van der Waals surface area contributed by atoms with E-state index < -0.39 is 12.1 Å². The molecule has 1 unspecified atom stereocenters. The number of carbonyl (C=O) groups is 1. The van der Waals surface area contributed by atoms with Crippen molar-refractivity contribution >= 4 is 11.7 Å².